The second kappa shape index (κ2) is 4.49. The van der Waals surface area contributed by atoms with E-state index in [-0.39, 0.29) is 0 Å². The van der Waals surface area contributed by atoms with Crippen LogP contribution in [0, 0.1) is 6.92 Å². The molecule has 5 nitrogen and oxygen atoms in total. The fourth-order valence-electron chi connectivity index (χ4n) is 0.754. The minimum Gasteiger partial charge on any atom is -0.449 e. The Balaban J connectivity index is 2.36. The van der Waals surface area contributed by atoms with Crippen molar-refractivity contribution >= 4 is 12.0 Å². The van der Waals surface area contributed by atoms with Gasteiger partial charge in [-0.1, -0.05) is 12.1 Å². The summed E-state index contributed by atoms with van der Waals surface area (Å²) in [5.41, 5.74) is 0.714. The van der Waals surface area contributed by atoms with Gasteiger partial charge in [0.05, 0.1) is 12.3 Å². The Bertz CT molecular complexity index is 283. The van der Waals surface area contributed by atoms with Crippen LogP contribution in [0.2, 0.25) is 0 Å². The predicted octanol–water partition coefficient (Wildman–Crippen LogP) is 1.94. The lowest BCUT2D eigenvalue weighted by atomic mass is 10.5. The highest BCUT2D eigenvalue weighted by atomic mass is 16.6. The molecule has 5 heteroatoms. The molecular formula is C8H12N2O3. The van der Waals surface area contributed by atoms with E-state index in [1.165, 1.54) is 0 Å². The highest BCUT2D eigenvalue weighted by molar-refractivity contribution is 5.82. The van der Waals surface area contributed by atoms with Crippen molar-refractivity contribution < 1.29 is 14.1 Å². The molecule has 0 unspecified atom stereocenters. The lowest BCUT2D eigenvalue weighted by Crippen LogP contribution is -2.13. The van der Waals surface area contributed by atoms with E-state index in [0.29, 0.717) is 18.2 Å². The van der Waals surface area contributed by atoms with Crippen molar-refractivity contribution in [1.82, 2.24) is 5.16 Å². The van der Waals surface area contributed by atoms with E-state index in [2.05, 4.69) is 10.5 Å². The van der Waals surface area contributed by atoms with Crippen LogP contribution in [0.3, 0.4) is 0 Å². The molecule has 1 aromatic heterocycles. The zero-order valence-corrected chi connectivity index (χ0v) is 7.66. The Kier molecular flexibility index (Phi) is 3.31. The summed E-state index contributed by atoms with van der Waals surface area (Å²) in [6.07, 6.45) is 0.279. The van der Waals surface area contributed by atoms with Gasteiger partial charge < -0.3 is 9.26 Å². The Morgan fingerprint density at radius 1 is 1.77 bits per heavy atom. The molecule has 1 amide bonds. The van der Waals surface area contributed by atoms with Gasteiger partial charge in [-0.15, -0.1) is 0 Å². The highest BCUT2D eigenvalue weighted by Gasteiger charge is 2.05. The SMILES string of the molecule is CCCOC(=O)Nc1cc(C)no1. The average Bonchev–Trinajstić information content (AvgIpc) is 2.48. The number of nitrogens with zero attached hydrogens (tertiary/aromatic N) is 1. The summed E-state index contributed by atoms with van der Waals surface area (Å²) in [6.45, 7) is 4.09. The molecule has 0 atom stereocenters. The van der Waals surface area contributed by atoms with Crippen molar-refractivity contribution in [2.45, 2.75) is 20.3 Å². The van der Waals surface area contributed by atoms with Crippen molar-refractivity contribution in [3.63, 3.8) is 0 Å². The number of aryl methyl sites for hydroxylation is 1. The first-order valence-corrected chi connectivity index (χ1v) is 4.09. The molecule has 1 heterocycles. The molecule has 0 radical (unpaired) electrons. The van der Waals surface area contributed by atoms with E-state index >= 15 is 0 Å². The summed E-state index contributed by atoms with van der Waals surface area (Å²) >= 11 is 0. The van der Waals surface area contributed by atoms with Gasteiger partial charge in [0.1, 0.15) is 0 Å². The van der Waals surface area contributed by atoms with Crippen LogP contribution in [0.1, 0.15) is 19.0 Å². The topological polar surface area (TPSA) is 64.4 Å². The highest BCUT2D eigenvalue weighted by Crippen LogP contribution is 2.08. The molecule has 13 heavy (non-hydrogen) atoms. The number of carbonyl (C=O) groups excluding carboxylic acids is 1. The molecule has 0 aliphatic heterocycles. The maximum Gasteiger partial charge on any atom is 0.414 e. The molecule has 0 fully saturated rings. The molecule has 0 bridgehead atoms. The fourth-order valence-corrected chi connectivity index (χ4v) is 0.754. The van der Waals surface area contributed by atoms with Crippen LogP contribution in [-0.2, 0) is 4.74 Å². The van der Waals surface area contributed by atoms with Gasteiger partial charge in [0.25, 0.3) is 0 Å². The van der Waals surface area contributed by atoms with Crippen LogP contribution < -0.4 is 5.32 Å². The van der Waals surface area contributed by atoms with Gasteiger partial charge in [0.15, 0.2) is 0 Å². The monoisotopic (exact) mass is 184 g/mol. The standard InChI is InChI=1S/C8H12N2O3/c1-3-4-12-8(11)9-7-5-6(2)10-13-7/h5H,3-4H2,1-2H3,(H,9,11). The smallest absolute Gasteiger partial charge is 0.414 e. The van der Waals surface area contributed by atoms with Crippen LogP contribution in [0.4, 0.5) is 10.7 Å². The number of carbonyl (C=O) groups is 1. The maximum atomic E-state index is 11.0. The molecule has 1 rings (SSSR count). The van der Waals surface area contributed by atoms with E-state index in [1.54, 1.807) is 13.0 Å². The molecule has 0 aromatic carbocycles. The maximum absolute atomic E-state index is 11.0. The molecule has 1 N–H and O–H groups in total. The van der Waals surface area contributed by atoms with Crippen molar-refractivity contribution in [3.05, 3.63) is 11.8 Å². The summed E-state index contributed by atoms with van der Waals surface area (Å²) < 4.78 is 9.52. The quantitative estimate of drug-likeness (QED) is 0.779. The molecule has 72 valence electrons. The predicted molar refractivity (Wildman–Crippen MR) is 46.5 cm³/mol. The van der Waals surface area contributed by atoms with Gasteiger partial charge in [0.2, 0.25) is 5.88 Å². The number of ether oxygens (including phenoxy) is 1. The Morgan fingerprint density at radius 3 is 3.08 bits per heavy atom. The van der Waals surface area contributed by atoms with E-state index < -0.39 is 6.09 Å². The summed E-state index contributed by atoms with van der Waals surface area (Å²) in [5, 5.41) is 6.01. The zero-order valence-electron chi connectivity index (χ0n) is 7.66. The number of amides is 1. The lowest BCUT2D eigenvalue weighted by molar-refractivity contribution is 0.161. The summed E-state index contributed by atoms with van der Waals surface area (Å²) in [7, 11) is 0. The van der Waals surface area contributed by atoms with Crippen molar-refractivity contribution in [3.8, 4) is 0 Å². The molecule has 0 spiro atoms. The molecule has 0 saturated carbocycles. The van der Waals surface area contributed by atoms with Crippen molar-refractivity contribution in [2.24, 2.45) is 0 Å². The number of nitrogens with one attached hydrogen (secondary N) is 1. The number of rotatable bonds is 3. The van der Waals surface area contributed by atoms with E-state index in [9.17, 15) is 4.79 Å². The van der Waals surface area contributed by atoms with Gasteiger partial charge in [-0.05, 0) is 13.3 Å². The molecule has 0 aliphatic rings. The third-order valence-electron chi connectivity index (χ3n) is 1.29. The summed E-state index contributed by atoms with van der Waals surface area (Å²) in [5.74, 6) is 0.304. The van der Waals surface area contributed by atoms with Crippen LogP contribution in [0.15, 0.2) is 10.6 Å². The van der Waals surface area contributed by atoms with Crippen LogP contribution in [0.5, 0.6) is 0 Å². The summed E-state index contributed by atoms with van der Waals surface area (Å²) in [6, 6.07) is 1.62. The third-order valence-corrected chi connectivity index (χ3v) is 1.29. The average molecular weight is 184 g/mol. The third kappa shape index (κ3) is 3.14. The number of hydrogen-bond acceptors (Lipinski definition) is 4. The minimum atomic E-state index is -0.516. The Labute approximate surface area is 76.0 Å². The van der Waals surface area contributed by atoms with Gasteiger partial charge >= 0.3 is 6.09 Å². The first-order chi connectivity index (χ1) is 6.22. The number of anilines is 1. The Morgan fingerprint density at radius 2 is 2.54 bits per heavy atom. The van der Waals surface area contributed by atoms with E-state index in [1.807, 2.05) is 6.92 Å². The zero-order chi connectivity index (χ0) is 9.68. The van der Waals surface area contributed by atoms with Gasteiger partial charge in [-0.25, -0.2) is 4.79 Å². The molecule has 0 saturated heterocycles. The van der Waals surface area contributed by atoms with Crippen LogP contribution in [0.25, 0.3) is 0 Å². The largest absolute Gasteiger partial charge is 0.449 e. The van der Waals surface area contributed by atoms with Gasteiger partial charge in [0, 0.05) is 6.07 Å². The fraction of sp³-hybridized carbons (Fsp3) is 0.500. The van der Waals surface area contributed by atoms with Gasteiger partial charge in [-0.3, -0.25) is 5.32 Å². The van der Waals surface area contributed by atoms with E-state index in [4.69, 9.17) is 9.26 Å². The van der Waals surface area contributed by atoms with E-state index in [0.717, 1.165) is 6.42 Å². The second-order valence-corrected chi connectivity index (χ2v) is 2.59. The van der Waals surface area contributed by atoms with Gasteiger partial charge in [-0.2, -0.15) is 0 Å². The molecule has 1 aromatic rings. The number of hydrogen-bond donors (Lipinski definition) is 1. The first kappa shape index (κ1) is 9.57. The number of aromatic nitrogens is 1. The second-order valence-electron chi connectivity index (χ2n) is 2.59. The Hall–Kier alpha value is -1.52. The van der Waals surface area contributed by atoms with Crippen LogP contribution in [-0.4, -0.2) is 17.9 Å². The first-order valence-electron chi connectivity index (χ1n) is 4.09. The molecule has 0 aliphatic carbocycles. The lowest BCUT2D eigenvalue weighted by Gasteiger charge is -2.01. The van der Waals surface area contributed by atoms with Crippen LogP contribution >= 0.6 is 0 Å². The van der Waals surface area contributed by atoms with Crippen molar-refractivity contribution in [2.75, 3.05) is 11.9 Å². The normalized spacial score (nSPS) is 9.69. The minimum absolute atomic E-state index is 0.304. The van der Waals surface area contributed by atoms with Crippen molar-refractivity contribution in [1.29, 1.82) is 0 Å². The molecular weight excluding hydrogens is 172 g/mol. The summed E-state index contributed by atoms with van der Waals surface area (Å²) in [4.78, 5) is 11.0.